The molecule has 276 valence electrons. The van der Waals surface area contributed by atoms with Crippen LogP contribution in [0.15, 0.2) is 0 Å². The minimum atomic E-state index is -2.13. The Bertz CT molecular complexity index is 547. The SMILES string of the molecule is CCCCCCCCCCCCCCCCCCC(N)CO[P+](=O)OCC(N)CCCCCCCCCCCCCCCCCC. The molecule has 0 aliphatic carbocycles. The second-order valence-electron chi connectivity index (χ2n) is 14.5. The Morgan fingerprint density at radius 2 is 0.565 bits per heavy atom. The lowest BCUT2D eigenvalue weighted by atomic mass is 10.0. The zero-order valence-corrected chi connectivity index (χ0v) is 32.3. The van der Waals surface area contributed by atoms with E-state index in [0.29, 0.717) is 13.2 Å². The van der Waals surface area contributed by atoms with E-state index in [0.717, 1.165) is 25.7 Å². The molecule has 0 aliphatic rings. The maximum absolute atomic E-state index is 12.1. The van der Waals surface area contributed by atoms with Gasteiger partial charge in [0.15, 0.2) is 0 Å². The predicted molar refractivity (Wildman–Crippen MR) is 204 cm³/mol. The van der Waals surface area contributed by atoms with Gasteiger partial charge in [-0.05, 0) is 12.8 Å². The van der Waals surface area contributed by atoms with Gasteiger partial charge in [0.05, 0.1) is 0 Å². The van der Waals surface area contributed by atoms with Crippen LogP contribution in [0.4, 0.5) is 0 Å². The van der Waals surface area contributed by atoms with Crippen molar-refractivity contribution in [3.63, 3.8) is 0 Å². The van der Waals surface area contributed by atoms with E-state index >= 15 is 0 Å². The number of rotatable bonds is 40. The Labute approximate surface area is 290 Å². The van der Waals surface area contributed by atoms with Crippen molar-refractivity contribution in [2.45, 2.75) is 244 Å². The number of hydrogen-bond donors (Lipinski definition) is 2. The largest absolute Gasteiger partial charge is 0.697 e. The summed E-state index contributed by atoms with van der Waals surface area (Å²) >= 11 is 0. The highest BCUT2D eigenvalue weighted by Crippen LogP contribution is 2.25. The Morgan fingerprint density at radius 1 is 0.370 bits per heavy atom. The summed E-state index contributed by atoms with van der Waals surface area (Å²) < 4.78 is 22.8. The monoisotopic (exact) mass is 672 g/mol. The summed E-state index contributed by atoms with van der Waals surface area (Å²) in [6.45, 7) is 5.16. The van der Waals surface area contributed by atoms with Gasteiger partial charge in [-0.1, -0.05) is 219 Å². The molecular weight excluding hydrogens is 587 g/mol. The van der Waals surface area contributed by atoms with Crippen LogP contribution in [0.5, 0.6) is 0 Å². The first kappa shape index (κ1) is 45.9. The first-order valence-corrected chi connectivity index (χ1v) is 21.9. The highest BCUT2D eigenvalue weighted by atomic mass is 31.1. The topological polar surface area (TPSA) is 87.6 Å². The van der Waals surface area contributed by atoms with Gasteiger partial charge in [-0.3, -0.25) is 0 Å². The fraction of sp³-hybridized carbons (Fsp3) is 1.00. The summed E-state index contributed by atoms with van der Waals surface area (Å²) in [6, 6.07) is -0.152. The molecule has 0 bridgehead atoms. The van der Waals surface area contributed by atoms with Gasteiger partial charge in [0.1, 0.15) is 13.2 Å². The minimum absolute atomic E-state index is 0.0759. The van der Waals surface area contributed by atoms with E-state index in [9.17, 15) is 4.57 Å². The molecule has 0 radical (unpaired) electrons. The number of unbranched alkanes of at least 4 members (excludes halogenated alkanes) is 30. The summed E-state index contributed by atoms with van der Waals surface area (Å²) in [5, 5.41) is 0. The van der Waals surface area contributed by atoms with Crippen molar-refractivity contribution in [1.82, 2.24) is 0 Å². The second kappa shape index (κ2) is 39.4. The van der Waals surface area contributed by atoms with Crippen molar-refractivity contribution in [1.29, 1.82) is 0 Å². The standard InChI is InChI=1S/C40H84N2O3P/c1-3-5-7-9-11-13-15-17-19-21-23-25-27-29-31-33-35-39(41)37-44-46(43)45-38-40(42)36-34-32-30-28-26-24-22-20-18-16-14-12-10-8-6-4-2/h39-40H,3-38,41-42H2,1-2H3/q+1. The van der Waals surface area contributed by atoms with E-state index < -0.39 is 8.25 Å². The molecule has 0 saturated heterocycles. The van der Waals surface area contributed by atoms with E-state index in [1.807, 2.05) is 0 Å². The highest BCUT2D eigenvalue weighted by molar-refractivity contribution is 7.33. The molecular formula is C40H84N2O3P+. The Hall–Kier alpha value is -0.0600. The lowest BCUT2D eigenvalue weighted by molar-refractivity contribution is 0.200. The molecule has 5 nitrogen and oxygen atoms in total. The number of hydrogen-bond acceptors (Lipinski definition) is 5. The van der Waals surface area contributed by atoms with Gasteiger partial charge in [-0.2, -0.15) is 0 Å². The molecule has 2 atom stereocenters. The summed E-state index contributed by atoms with van der Waals surface area (Å²) in [5.41, 5.74) is 12.4. The van der Waals surface area contributed by atoms with E-state index in [1.54, 1.807) is 0 Å². The molecule has 0 rings (SSSR count). The fourth-order valence-corrected chi connectivity index (χ4v) is 7.13. The van der Waals surface area contributed by atoms with Crippen molar-refractivity contribution < 1.29 is 13.6 Å². The van der Waals surface area contributed by atoms with Crippen LogP contribution in [0, 0.1) is 0 Å². The lowest BCUT2D eigenvalue weighted by Crippen LogP contribution is -2.26. The fourth-order valence-electron chi connectivity index (χ4n) is 6.43. The zero-order chi connectivity index (χ0) is 33.6. The molecule has 0 amide bonds. The smallest absolute Gasteiger partial charge is 0.326 e. The van der Waals surface area contributed by atoms with E-state index in [4.69, 9.17) is 20.5 Å². The van der Waals surface area contributed by atoms with Crippen LogP contribution < -0.4 is 11.5 Å². The lowest BCUT2D eigenvalue weighted by Gasteiger charge is -2.09. The molecule has 0 aromatic rings. The molecule has 0 heterocycles. The quantitative estimate of drug-likeness (QED) is 0.0500. The van der Waals surface area contributed by atoms with Crippen molar-refractivity contribution >= 4 is 8.25 Å². The Kier molecular flexibility index (Phi) is 39.3. The van der Waals surface area contributed by atoms with Gasteiger partial charge in [0, 0.05) is 16.6 Å². The molecule has 0 aromatic carbocycles. The van der Waals surface area contributed by atoms with Crippen LogP contribution in [-0.2, 0) is 13.6 Å². The Balaban J connectivity index is 3.36. The molecule has 46 heavy (non-hydrogen) atoms. The molecule has 0 saturated carbocycles. The summed E-state index contributed by atoms with van der Waals surface area (Å²) in [5.74, 6) is 0. The summed E-state index contributed by atoms with van der Waals surface area (Å²) in [6.07, 6.45) is 45.7. The van der Waals surface area contributed by atoms with Gasteiger partial charge >= 0.3 is 8.25 Å². The van der Waals surface area contributed by atoms with Crippen LogP contribution in [-0.4, -0.2) is 25.3 Å². The maximum Gasteiger partial charge on any atom is 0.697 e. The minimum Gasteiger partial charge on any atom is -0.326 e. The third kappa shape index (κ3) is 38.4. The first-order valence-electron chi connectivity index (χ1n) is 20.8. The van der Waals surface area contributed by atoms with E-state index in [-0.39, 0.29) is 12.1 Å². The molecule has 0 spiro atoms. The normalized spacial score (nSPS) is 13.3. The van der Waals surface area contributed by atoms with Gasteiger partial charge in [-0.15, -0.1) is 9.05 Å². The van der Waals surface area contributed by atoms with Crippen molar-refractivity contribution in [3.05, 3.63) is 0 Å². The average Bonchev–Trinajstić information content (AvgIpc) is 3.06. The van der Waals surface area contributed by atoms with E-state index in [2.05, 4.69) is 13.8 Å². The second-order valence-corrected chi connectivity index (χ2v) is 15.5. The van der Waals surface area contributed by atoms with Crippen molar-refractivity contribution in [3.8, 4) is 0 Å². The van der Waals surface area contributed by atoms with Crippen molar-refractivity contribution in [2.24, 2.45) is 11.5 Å². The third-order valence-electron chi connectivity index (χ3n) is 9.64. The van der Waals surface area contributed by atoms with Gasteiger partial charge in [0.25, 0.3) is 0 Å². The van der Waals surface area contributed by atoms with Crippen LogP contribution in [0.3, 0.4) is 0 Å². The summed E-state index contributed by atoms with van der Waals surface area (Å²) in [7, 11) is -2.13. The molecule has 2 unspecified atom stereocenters. The van der Waals surface area contributed by atoms with Gasteiger partial charge < -0.3 is 11.5 Å². The molecule has 0 aromatic heterocycles. The van der Waals surface area contributed by atoms with Crippen LogP contribution >= 0.6 is 8.25 Å². The molecule has 6 heteroatoms. The summed E-state index contributed by atoms with van der Waals surface area (Å²) in [4.78, 5) is 0. The number of nitrogens with two attached hydrogens (primary N) is 2. The third-order valence-corrected chi connectivity index (χ3v) is 10.4. The average molecular weight is 672 g/mol. The molecule has 0 fully saturated rings. The van der Waals surface area contributed by atoms with Crippen molar-refractivity contribution in [2.75, 3.05) is 13.2 Å². The zero-order valence-electron chi connectivity index (χ0n) is 31.4. The van der Waals surface area contributed by atoms with Crippen LogP contribution in [0.1, 0.15) is 232 Å². The molecule has 4 N–H and O–H groups in total. The first-order chi connectivity index (χ1) is 22.6. The van der Waals surface area contributed by atoms with Gasteiger partial charge in [0.2, 0.25) is 0 Å². The van der Waals surface area contributed by atoms with Crippen LogP contribution in [0.25, 0.3) is 0 Å². The predicted octanol–water partition coefficient (Wildman–Crippen LogP) is 13.6. The van der Waals surface area contributed by atoms with Crippen LogP contribution in [0.2, 0.25) is 0 Å². The van der Waals surface area contributed by atoms with E-state index in [1.165, 1.54) is 193 Å². The highest BCUT2D eigenvalue weighted by Gasteiger charge is 2.23. The van der Waals surface area contributed by atoms with Gasteiger partial charge in [-0.25, -0.2) is 0 Å². The maximum atomic E-state index is 12.1. The Morgan fingerprint density at radius 3 is 0.783 bits per heavy atom. The molecule has 0 aliphatic heterocycles.